The summed E-state index contributed by atoms with van der Waals surface area (Å²) in [6.07, 6.45) is 0.394. The van der Waals surface area contributed by atoms with E-state index < -0.39 is 0 Å². The van der Waals surface area contributed by atoms with E-state index >= 15 is 0 Å². The van der Waals surface area contributed by atoms with Gasteiger partial charge < -0.3 is 14.0 Å². The molecule has 1 aliphatic heterocycles. The molecular formula is C16H20FN3O3. The molecule has 1 aliphatic rings. The van der Waals surface area contributed by atoms with Gasteiger partial charge >= 0.3 is 0 Å². The first kappa shape index (κ1) is 15.9. The highest BCUT2D eigenvalue weighted by atomic mass is 19.1. The Morgan fingerprint density at radius 1 is 1.22 bits per heavy atom. The molecule has 124 valence electrons. The van der Waals surface area contributed by atoms with Gasteiger partial charge in [-0.2, -0.15) is 4.98 Å². The summed E-state index contributed by atoms with van der Waals surface area (Å²) in [6.45, 7) is 6.58. The third-order valence-electron chi connectivity index (χ3n) is 3.55. The van der Waals surface area contributed by atoms with Crippen LogP contribution in [-0.4, -0.2) is 40.3 Å². The van der Waals surface area contributed by atoms with Crippen molar-refractivity contribution >= 4 is 0 Å². The SMILES string of the molecule is C[C@@H]1CN(Cc2nc(COc3ccc(F)cc3)no2)C[C@@H](C)O1. The monoisotopic (exact) mass is 321 g/mol. The molecule has 0 bridgehead atoms. The zero-order valence-electron chi connectivity index (χ0n) is 13.2. The number of benzene rings is 1. The summed E-state index contributed by atoms with van der Waals surface area (Å²) in [5.74, 6) is 1.30. The lowest BCUT2D eigenvalue weighted by molar-refractivity contribution is -0.0725. The van der Waals surface area contributed by atoms with E-state index in [0.717, 1.165) is 13.1 Å². The first-order chi connectivity index (χ1) is 11.1. The standard InChI is InChI=1S/C16H20FN3O3/c1-11-7-20(8-12(2)22-11)9-16-18-15(19-23-16)10-21-14-5-3-13(17)4-6-14/h3-6,11-12H,7-10H2,1-2H3/t11-,12-/m1/s1. The normalized spacial score (nSPS) is 22.2. The van der Waals surface area contributed by atoms with E-state index in [1.807, 2.05) is 0 Å². The molecule has 2 aromatic rings. The van der Waals surface area contributed by atoms with Crippen LogP contribution in [0.2, 0.25) is 0 Å². The lowest BCUT2D eigenvalue weighted by Crippen LogP contribution is -2.44. The number of halogens is 1. The number of aromatic nitrogens is 2. The average molecular weight is 321 g/mol. The van der Waals surface area contributed by atoms with E-state index in [0.29, 0.717) is 24.0 Å². The number of hydrogen-bond acceptors (Lipinski definition) is 6. The minimum Gasteiger partial charge on any atom is -0.485 e. The third-order valence-corrected chi connectivity index (χ3v) is 3.55. The summed E-state index contributed by atoms with van der Waals surface area (Å²) < 4.78 is 29.3. The predicted molar refractivity (Wildman–Crippen MR) is 80.3 cm³/mol. The second-order valence-corrected chi connectivity index (χ2v) is 5.80. The molecule has 6 nitrogen and oxygen atoms in total. The van der Waals surface area contributed by atoms with Crippen LogP contribution in [0, 0.1) is 5.82 Å². The highest BCUT2D eigenvalue weighted by molar-refractivity contribution is 5.22. The van der Waals surface area contributed by atoms with Gasteiger partial charge in [0.25, 0.3) is 0 Å². The van der Waals surface area contributed by atoms with Crippen molar-refractivity contribution in [2.24, 2.45) is 0 Å². The minimum absolute atomic E-state index is 0.186. The van der Waals surface area contributed by atoms with Crippen LogP contribution in [0.25, 0.3) is 0 Å². The van der Waals surface area contributed by atoms with Crippen molar-refractivity contribution in [1.82, 2.24) is 15.0 Å². The van der Waals surface area contributed by atoms with Crippen LogP contribution in [0.5, 0.6) is 5.75 Å². The van der Waals surface area contributed by atoms with Crippen LogP contribution in [0.4, 0.5) is 4.39 Å². The molecule has 0 spiro atoms. The van der Waals surface area contributed by atoms with Crippen LogP contribution in [0.1, 0.15) is 25.6 Å². The molecule has 0 N–H and O–H groups in total. The van der Waals surface area contributed by atoms with Crippen molar-refractivity contribution in [3.8, 4) is 5.75 Å². The van der Waals surface area contributed by atoms with E-state index in [2.05, 4.69) is 28.9 Å². The Bertz CT molecular complexity index is 622. The maximum absolute atomic E-state index is 12.8. The van der Waals surface area contributed by atoms with Crippen LogP contribution >= 0.6 is 0 Å². The predicted octanol–water partition coefficient (Wildman–Crippen LogP) is 2.40. The zero-order valence-corrected chi connectivity index (χ0v) is 13.2. The number of nitrogens with zero attached hydrogens (tertiary/aromatic N) is 3. The van der Waals surface area contributed by atoms with Crippen LogP contribution in [0.15, 0.2) is 28.8 Å². The number of hydrogen-bond donors (Lipinski definition) is 0. The summed E-state index contributed by atoms with van der Waals surface area (Å²) in [5.41, 5.74) is 0. The van der Waals surface area contributed by atoms with E-state index in [9.17, 15) is 4.39 Å². The highest BCUT2D eigenvalue weighted by Crippen LogP contribution is 2.15. The van der Waals surface area contributed by atoms with Crippen molar-refractivity contribution < 1.29 is 18.4 Å². The van der Waals surface area contributed by atoms with Gasteiger partial charge in [-0.3, -0.25) is 4.90 Å². The van der Waals surface area contributed by atoms with Crippen molar-refractivity contribution in [2.75, 3.05) is 13.1 Å². The number of rotatable bonds is 5. The van der Waals surface area contributed by atoms with Gasteiger partial charge in [0, 0.05) is 13.1 Å². The fourth-order valence-electron chi connectivity index (χ4n) is 2.70. The molecule has 0 unspecified atom stereocenters. The number of morpholine rings is 1. The molecule has 1 aromatic heterocycles. The fraction of sp³-hybridized carbons (Fsp3) is 0.500. The Kier molecular flexibility index (Phi) is 4.88. The maximum atomic E-state index is 12.8. The molecule has 1 fully saturated rings. The summed E-state index contributed by atoms with van der Waals surface area (Å²) in [6, 6.07) is 5.81. The van der Waals surface area contributed by atoms with Gasteiger partial charge in [0.2, 0.25) is 11.7 Å². The van der Waals surface area contributed by atoms with Gasteiger partial charge in [0.15, 0.2) is 6.61 Å². The van der Waals surface area contributed by atoms with Crippen LogP contribution in [0.3, 0.4) is 0 Å². The maximum Gasteiger partial charge on any atom is 0.240 e. The Morgan fingerprint density at radius 3 is 2.61 bits per heavy atom. The van der Waals surface area contributed by atoms with Crippen LogP contribution in [-0.2, 0) is 17.9 Å². The van der Waals surface area contributed by atoms with Crippen molar-refractivity contribution in [2.45, 2.75) is 39.2 Å². The molecule has 0 saturated carbocycles. The largest absolute Gasteiger partial charge is 0.485 e. The highest BCUT2D eigenvalue weighted by Gasteiger charge is 2.23. The Labute approximate surface area is 134 Å². The van der Waals surface area contributed by atoms with Crippen molar-refractivity contribution in [3.05, 3.63) is 41.8 Å². The van der Waals surface area contributed by atoms with Crippen molar-refractivity contribution in [1.29, 1.82) is 0 Å². The van der Waals surface area contributed by atoms with Gasteiger partial charge in [0.05, 0.1) is 18.8 Å². The smallest absolute Gasteiger partial charge is 0.240 e. The second kappa shape index (κ2) is 7.06. The van der Waals surface area contributed by atoms with Gasteiger partial charge in [-0.1, -0.05) is 5.16 Å². The molecule has 0 aliphatic carbocycles. The molecule has 0 amide bonds. The summed E-state index contributed by atoms with van der Waals surface area (Å²) in [7, 11) is 0. The molecule has 2 atom stereocenters. The average Bonchev–Trinajstić information content (AvgIpc) is 2.93. The van der Waals surface area contributed by atoms with E-state index in [-0.39, 0.29) is 24.6 Å². The molecule has 3 rings (SSSR count). The molecule has 1 saturated heterocycles. The van der Waals surface area contributed by atoms with Gasteiger partial charge in [0.1, 0.15) is 11.6 Å². The molecular weight excluding hydrogens is 301 g/mol. The lowest BCUT2D eigenvalue weighted by atomic mass is 10.2. The van der Waals surface area contributed by atoms with Crippen molar-refractivity contribution in [3.63, 3.8) is 0 Å². The molecule has 23 heavy (non-hydrogen) atoms. The lowest BCUT2D eigenvalue weighted by Gasteiger charge is -2.34. The Hall–Kier alpha value is -1.99. The summed E-state index contributed by atoms with van der Waals surface area (Å²) in [5, 5.41) is 3.91. The quantitative estimate of drug-likeness (QED) is 0.843. The molecule has 7 heteroatoms. The molecule has 2 heterocycles. The molecule has 0 radical (unpaired) electrons. The number of ether oxygens (including phenoxy) is 2. The van der Waals surface area contributed by atoms with Gasteiger partial charge in [-0.15, -0.1) is 0 Å². The fourth-order valence-corrected chi connectivity index (χ4v) is 2.70. The van der Waals surface area contributed by atoms with E-state index in [4.69, 9.17) is 14.0 Å². The molecule has 1 aromatic carbocycles. The Balaban J connectivity index is 1.52. The first-order valence-electron chi connectivity index (χ1n) is 7.66. The van der Waals surface area contributed by atoms with Gasteiger partial charge in [-0.05, 0) is 38.1 Å². The summed E-state index contributed by atoms with van der Waals surface area (Å²) >= 11 is 0. The second-order valence-electron chi connectivity index (χ2n) is 5.80. The van der Waals surface area contributed by atoms with Gasteiger partial charge in [-0.25, -0.2) is 4.39 Å². The topological polar surface area (TPSA) is 60.6 Å². The summed E-state index contributed by atoms with van der Waals surface area (Å²) in [4.78, 5) is 6.56. The van der Waals surface area contributed by atoms with Crippen LogP contribution < -0.4 is 4.74 Å². The van der Waals surface area contributed by atoms with E-state index in [1.165, 1.54) is 12.1 Å². The first-order valence-corrected chi connectivity index (χ1v) is 7.66. The Morgan fingerprint density at radius 2 is 1.91 bits per heavy atom. The third kappa shape index (κ3) is 4.49. The zero-order chi connectivity index (χ0) is 16.2. The van der Waals surface area contributed by atoms with E-state index in [1.54, 1.807) is 12.1 Å². The minimum atomic E-state index is -0.298.